The van der Waals surface area contributed by atoms with Crippen molar-refractivity contribution in [2.24, 2.45) is 5.92 Å². The van der Waals surface area contributed by atoms with Gasteiger partial charge in [-0.25, -0.2) is 8.42 Å². The number of aryl methyl sites for hydroxylation is 1. The molecule has 0 spiro atoms. The third kappa shape index (κ3) is 6.85. The Labute approximate surface area is 245 Å². The summed E-state index contributed by atoms with van der Waals surface area (Å²) in [6.45, 7) is 4.12. The van der Waals surface area contributed by atoms with Gasteiger partial charge < -0.3 is 19.4 Å². The molecule has 0 amide bonds. The third-order valence-electron chi connectivity index (χ3n) is 7.84. The number of rotatable bonds is 11. The van der Waals surface area contributed by atoms with Gasteiger partial charge in [0, 0.05) is 64.1 Å². The first-order valence-electron chi connectivity index (χ1n) is 14.0. The molecule has 0 N–H and O–H groups in total. The Kier molecular flexibility index (Phi) is 9.60. The number of hydrogen-bond acceptors (Lipinski definition) is 7. The number of methoxy groups -OCH3 is 1. The molecule has 0 aliphatic carbocycles. The predicted molar refractivity (Wildman–Crippen MR) is 167 cm³/mol. The van der Waals surface area contributed by atoms with E-state index in [-0.39, 0.29) is 23.1 Å². The lowest BCUT2D eigenvalue weighted by atomic mass is 9.89. The Balaban J connectivity index is 1.49. The van der Waals surface area contributed by atoms with Crippen LogP contribution in [0.3, 0.4) is 0 Å². The molecule has 1 heterocycles. The molecule has 1 aliphatic rings. The number of ether oxygens (including phenoxy) is 1. The summed E-state index contributed by atoms with van der Waals surface area (Å²) in [5, 5.41) is 0. The second kappa shape index (κ2) is 13.0. The van der Waals surface area contributed by atoms with Gasteiger partial charge >= 0.3 is 0 Å². The lowest BCUT2D eigenvalue weighted by Gasteiger charge is -2.34. The van der Waals surface area contributed by atoms with Gasteiger partial charge in [0.1, 0.15) is 5.75 Å². The molecule has 1 fully saturated rings. The predicted octanol–water partition coefficient (Wildman–Crippen LogP) is 4.93. The van der Waals surface area contributed by atoms with Gasteiger partial charge in [0.2, 0.25) is 0 Å². The molecule has 8 nitrogen and oxygen atoms in total. The number of hydrogen-bond donors (Lipinski definition) is 0. The van der Waals surface area contributed by atoms with Gasteiger partial charge in [-0.15, -0.1) is 0 Å². The minimum absolute atomic E-state index is 0.0247. The standard InChI is InChI=1S/C32H42N4O4S/c1-24-23-28(34(4)5)15-16-31(24)41(38,39)36(29-9-7-8-10-30(29)40-6)22-21-35-19-17-26(18-20-35)32(37)25-11-13-27(14-12-25)33(2)3/h7-16,23,26H,17-22H2,1-6H3. The minimum atomic E-state index is -3.88. The lowest BCUT2D eigenvalue weighted by molar-refractivity contribution is 0.0843. The minimum Gasteiger partial charge on any atom is -0.495 e. The average Bonchev–Trinajstić information content (AvgIpc) is 2.97. The molecule has 0 bridgehead atoms. The first kappa shape index (κ1) is 30.4. The molecule has 0 unspecified atom stereocenters. The van der Waals surface area contributed by atoms with Gasteiger partial charge in [0.25, 0.3) is 10.0 Å². The SMILES string of the molecule is COc1ccccc1N(CCN1CCC(C(=O)c2ccc(N(C)C)cc2)CC1)S(=O)(=O)c1ccc(N(C)C)cc1C. The maximum absolute atomic E-state index is 14.1. The number of carbonyl (C=O) groups is 1. The zero-order valence-corrected chi connectivity index (χ0v) is 25.8. The van der Waals surface area contributed by atoms with E-state index in [4.69, 9.17) is 4.74 Å². The molecule has 0 atom stereocenters. The Morgan fingerprint density at radius 1 is 0.902 bits per heavy atom. The fraction of sp³-hybridized carbons (Fsp3) is 0.406. The van der Waals surface area contributed by atoms with Gasteiger partial charge in [0.05, 0.1) is 17.7 Å². The fourth-order valence-corrected chi connectivity index (χ4v) is 7.01. The summed E-state index contributed by atoms with van der Waals surface area (Å²) >= 11 is 0. The molecule has 1 aliphatic heterocycles. The molecule has 220 valence electrons. The number of Topliss-reactive ketones (excluding diaryl/α,β-unsaturated/α-hetero) is 1. The van der Waals surface area contributed by atoms with Crippen molar-refractivity contribution in [1.29, 1.82) is 0 Å². The van der Waals surface area contributed by atoms with Gasteiger partial charge in [-0.3, -0.25) is 9.10 Å². The maximum atomic E-state index is 14.1. The largest absolute Gasteiger partial charge is 0.495 e. The van der Waals surface area contributed by atoms with Crippen LogP contribution in [0.1, 0.15) is 28.8 Å². The zero-order valence-electron chi connectivity index (χ0n) is 25.0. The highest BCUT2D eigenvalue weighted by Crippen LogP contribution is 2.34. The van der Waals surface area contributed by atoms with Crippen LogP contribution in [0.15, 0.2) is 71.6 Å². The van der Waals surface area contributed by atoms with Crippen molar-refractivity contribution in [2.45, 2.75) is 24.7 Å². The molecule has 1 saturated heterocycles. The number of para-hydroxylation sites is 2. The van der Waals surface area contributed by atoms with Crippen LogP contribution in [-0.4, -0.2) is 80.6 Å². The monoisotopic (exact) mass is 578 g/mol. The smallest absolute Gasteiger partial charge is 0.264 e. The average molecular weight is 579 g/mol. The second-order valence-electron chi connectivity index (χ2n) is 11.0. The first-order chi connectivity index (χ1) is 19.5. The first-order valence-corrected chi connectivity index (χ1v) is 15.4. The number of sulfonamides is 1. The van der Waals surface area contributed by atoms with Gasteiger partial charge in [-0.05, 0) is 93.0 Å². The molecule has 4 rings (SSSR count). The summed E-state index contributed by atoms with van der Waals surface area (Å²) in [7, 11) is 5.50. The lowest BCUT2D eigenvalue weighted by Crippen LogP contribution is -2.43. The second-order valence-corrected chi connectivity index (χ2v) is 12.8. The van der Waals surface area contributed by atoms with E-state index in [0.29, 0.717) is 23.5 Å². The maximum Gasteiger partial charge on any atom is 0.264 e. The highest BCUT2D eigenvalue weighted by Gasteiger charge is 2.31. The van der Waals surface area contributed by atoms with Crippen LogP contribution in [0.25, 0.3) is 0 Å². The van der Waals surface area contributed by atoms with Crippen molar-refractivity contribution in [3.63, 3.8) is 0 Å². The van der Waals surface area contributed by atoms with Gasteiger partial charge in [-0.2, -0.15) is 0 Å². The van der Waals surface area contributed by atoms with E-state index in [2.05, 4.69) is 4.90 Å². The van der Waals surface area contributed by atoms with Gasteiger partial charge in [-0.1, -0.05) is 12.1 Å². The molecule has 41 heavy (non-hydrogen) atoms. The summed E-state index contributed by atoms with van der Waals surface area (Å²) in [4.78, 5) is 19.7. The van der Waals surface area contributed by atoms with E-state index < -0.39 is 10.0 Å². The van der Waals surface area contributed by atoms with E-state index >= 15 is 0 Å². The zero-order chi connectivity index (χ0) is 29.7. The van der Waals surface area contributed by atoms with Crippen molar-refractivity contribution in [3.05, 3.63) is 77.9 Å². The number of piperidine rings is 1. The topological polar surface area (TPSA) is 73.4 Å². The highest BCUT2D eigenvalue weighted by atomic mass is 32.2. The van der Waals surface area contributed by atoms with Crippen LogP contribution in [0.5, 0.6) is 5.75 Å². The van der Waals surface area contributed by atoms with Crippen molar-refractivity contribution < 1.29 is 17.9 Å². The molecule has 0 aromatic heterocycles. The van der Waals surface area contributed by atoms with Crippen LogP contribution < -0.4 is 18.8 Å². The van der Waals surface area contributed by atoms with Crippen LogP contribution >= 0.6 is 0 Å². The van der Waals surface area contributed by atoms with E-state index in [9.17, 15) is 13.2 Å². The third-order valence-corrected chi connectivity index (χ3v) is 9.82. The Morgan fingerprint density at radius 3 is 2.10 bits per heavy atom. The summed E-state index contributed by atoms with van der Waals surface area (Å²) in [5.41, 5.74) is 3.95. The Hall–Kier alpha value is -3.56. The molecule has 0 radical (unpaired) electrons. The summed E-state index contributed by atoms with van der Waals surface area (Å²) in [5.74, 6) is 0.663. The van der Waals surface area contributed by atoms with E-state index in [0.717, 1.165) is 42.9 Å². The van der Waals surface area contributed by atoms with Crippen LogP contribution in [0, 0.1) is 12.8 Å². The fourth-order valence-electron chi connectivity index (χ4n) is 5.34. The number of nitrogens with zero attached hydrogens (tertiary/aromatic N) is 4. The number of benzene rings is 3. The molecular formula is C32H42N4O4S. The quantitative estimate of drug-likeness (QED) is 0.299. The Morgan fingerprint density at radius 2 is 1.51 bits per heavy atom. The number of carbonyl (C=O) groups excluding carboxylic acids is 1. The molecule has 3 aromatic carbocycles. The highest BCUT2D eigenvalue weighted by molar-refractivity contribution is 7.92. The normalized spacial score (nSPS) is 14.5. The van der Waals surface area contributed by atoms with E-state index in [1.165, 1.54) is 4.31 Å². The molecule has 3 aromatic rings. The van der Waals surface area contributed by atoms with E-state index in [1.807, 2.05) is 93.4 Å². The number of anilines is 3. The number of likely N-dealkylation sites (tertiary alicyclic amines) is 1. The van der Waals surface area contributed by atoms with Crippen molar-refractivity contribution in [3.8, 4) is 5.75 Å². The van der Waals surface area contributed by atoms with Crippen molar-refractivity contribution in [2.75, 3.05) is 75.6 Å². The molecule has 9 heteroatoms. The number of ketones is 1. The van der Waals surface area contributed by atoms with Gasteiger partial charge in [0.15, 0.2) is 5.78 Å². The van der Waals surface area contributed by atoms with Crippen molar-refractivity contribution in [1.82, 2.24) is 4.90 Å². The van der Waals surface area contributed by atoms with Crippen LogP contribution in [0.2, 0.25) is 0 Å². The summed E-state index contributed by atoms with van der Waals surface area (Å²) < 4.78 is 35.3. The van der Waals surface area contributed by atoms with Crippen LogP contribution in [0.4, 0.5) is 17.1 Å². The van der Waals surface area contributed by atoms with Crippen molar-refractivity contribution >= 4 is 32.9 Å². The van der Waals surface area contributed by atoms with Crippen LogP contribution in [-0.2, 0) is 10.0 Å². The Bertz CT molecular complexity index is 1450. The summed E-state index contributed by atoms with van der Waals surface area (Å²) in [6.07, 6.45) is 1.50. The summed E-state index contributed by atoms with van der Waals surface area (Å²) in [6, 6.07) is 20.4. The molecular weight excluding hydrogens is 536 g/mol. The van der Waals surface area contributed by atoms with E-state index in [1.54, 1.807) is 25.3 Å². The molecule has 0 saturated carbocycles.